The van der Waals surface area contributed by atoms with Crippen molar-refractivity contribution in [3.8, 4) is 0 Å². The molecule has 0 aromatic heterocycles. The molecule has 154 valence electrons. The lowest BCUT2D eigenvalue weighted by Crippen LogP contribution is -2.11. The summed E-state index contributed by atoms with van der Waals surface area (Å²) in [6, 6.07) is 20.7. The lowest BCUT2D eigenvalue weighted by molar-refractivity contribution is -0.462. The van der Waals surface area contributed by atoms with Crippen molar-refractivity contribution in [2.45, 2.75) is 13.8 Å². The fourth-order valence-corrected chi connectivity index (χ4v) is 3.64. The largest absolute Gasteiger partial charge is 0.456 e. The van der Waals surface area contributed by atoms with Crippen LogP contribution in [0.4, 0.5) is 0 Å². The molecule has 0 saturated heterocycles. The number of benzene rings is 2. The normalized spacial score (nSPS) is 18.8. The lowest BCUT2D eigenvalue weighted by Gasteiger charge is -2.20. The second kappa shape index (κ2) is 9.01. The van der Waals surface area contributed by atoms with Crippen molar-refractivity contribution in [3.63, 3.8) is 0 Å². The summed E-state index contributed by atoms with van der Waals surface area (Å²) in [5, 5.41) is 0. The van der Waals surface area contributed by atoms with E-state index < -0.39 is 0 Å². The van der Waals surface area contributed by atoms with Gasteiger partial charge < -0.3 is 4.74 Å². The molecular formula is C29H28NO+. The van der Waals surface area contributed by atoms with Crippen LogP contribution in [0.15, 0.2) is 120 Å². The molecule has 0 spiro atoms. The van der Waals surface area contributed by atoms with Gasteiger partial charge in [0.15, 0.2) is 5.71 Å². The quantitative estimate of drug-likeness (QED) is 0.525. The summed E-state index contributed by atoms with van der Waals surface area (Å²) >= 11 is 0. The number of ether oxygens (including phenoxy) is 1. The van der Waals surface area contributed by atoms with Crippen molar-refractivity contribution in [1.29, 1.82) is 0 Å². The minimum Gasteiger partial charge on any atom is -0.456 e. The highest BCUT2D eigenvalue weighted by Crippen LogP contribution is 2.33. The van der Waals surface area contributed by atoms with E-state index in [-0.39, 0.29) is 0 Å². The first-order valence-corrected chi connectivity index (χ1v) is 10.6. The predicted molar refractivity (Wildman–Crippen MR) is 131 cm³/mol. The molecule has 1 aliphatic heterocycles. The summed E-state index contributed by atoms with van der Waals surface area (Å²) in [5.74, 6) is 1.74. The maximum Gasteiger partial charge on any atom is 0.199 e. The van der Waals surface area contributed by atoms with E-state index in [0.29, 0.717) is 0 Å². The van der Waals surface area contributed by atoms with E-state index in [1.165, 1.54) is 22.4 Å². The van der Waals surface area contributed by atoms with E-state index >= 15 is 0 Å². The second-order valence-corrected chi connectivity index (χ2v) is 8.07. The third kappa shape index (κ3) is 4.75. The Morgan fingerprint density at radius 3 is 2.06 bits per heavy atom. The van der Waals surface area contributed by atoms with Gasteiger partial charge in [-0.3, -0.25) is 0 Å². The minimum absolute atomic E-state index is 0.865. The Bertz CT molecular complexity index is 1200. The lowest BCUT2D eigenvalue weighted by atomic mass is 9.96. The van der Waals surface area contributed by atoms with Gasteiger partial charge in [-0.1, -0.05) is 60.7 Å². The number of hydrogen-bond donors (Lipinski definition) is 0. The molecule has 0 fully saturated rings. The van der Waals surface area contributed by atoms with Crippen molar-refractivity contribution < 1.29 is 9.31 Å². The van der Waals surface area contributed by atoms with Crippen LogP contribution in [-0.4, -0.2) is 24.4 Å². The van der Waals surface area contributed by atoms with Crippen LogP contribution in [0.25, 0.3) is 11.3 Å². The average Bonchev–Trinajstić information content (AvgIpc) is 2.81. The van der Waals surface area contributed by atoms with Crippen molar-refractivity contribution >= 4 is 17.0 Å². The van der Waals surface area contributed by atoms with Crippen LogP contribution in [0.2, 0.25) is 0 Å². The Morgan fingerprint density at radius 2 is 1.45 bits per heavy atom. The summed E-state index contributed by atoms with van der Waals surface area (Å²) < 4.78 is 8.51. The molecule has 31 heavy (non-hydrogen) atoms. The van der Waals surface area contributed by atoms with Crippen LogP contribution >= 0.6 is 0 Å². The van der Waals surface area contributed by atoms with Crippen LogP contribution in [0.3, 0.4) is 0 Å². The van der Waals surface area contributed by atoms with E-state index in [1.54, 1.807) is 0 Å². The Labute approximate surface area is 185 Å². The molecular weight excluding hydrogens is 378 g/mol. The van der Waals surface area contributed by atoms with Crippen molar-refractivity contribution in [1.82, 2.24) is 0 Å². The van der Waals surface area contributed by atoms with Gasteiger partial charge in [0.2, 0.25) is 0 Å². The molecule has 2 aromatic rings. The van der Waals surface area contributed by atoms with Crippen LogP contribution in [0.5, 0.6) is 0 Å². The van der Waals surface area contributed by atoms with Gasteiger partial charge in [0.1, 0.15) is 25.6 Å². The number of nitrogens with zero attached hydrogens (tertiary/aromatic N) is 1. The highest BCUT2D eigenvalue weighted by Gasteiger charge is 2.16. The van der Waals surface area contributed by atoms with Gasteiger partial charge in [0.25, 0.3) is 0 Å². The smallest absolute Gasteiger partial charge is 0.199 e. The Balaban J connectivity index is 1.77. The molecule has 0 N–H and O–H groups in total. The van der Waals surface area contributed by atoms with Gasteiger partial charge in [-0.25, -0.2) is 4.58 Å². The first kappa shape index (κ1) is 20.6. The highest BCUT2D eigenvalue weighted by molar-refractivity contribution is 6.03. The Kier molecular flexibility index (Phi) is 5.99. The van der Waals surface area contributed by atoms with Crippen molar-refractivity contribution in [2.75, 3.05) is 14.1 Å². The Morgan fingerprint density at radius 1 is 0.806 bits per heavy atom. The summed E-state index contributed by atoms with van der Waals surface area (Å²) in [6.07, 6.45) is 13.0. The second-order valence-electron chi connectivity index (χ2n) is 8.07. The van der Waals surface area contributed by atoms with Crippen molar-refractivity contribution in [2.24, 2.45) is 0 Å². The maximum absolute atomic E-state index is 6.38. The molecule has 1 aliphatic carbocycles. The van der Waals surface area contributed by atoms with Gasteiger partial charge in [0.05, 0.1) is 0 Å². The van der Waals surface area contributed by atoms with E-state index in [9.17, 15) is 0 Å². The van der Waals surface area contributed by atoms with Gasteiger partial charge >= 0.3 is 0 Å². The summed E-state index contributed by atoms with van der Waals surface area (Å²) in [5.41, 5.74) is 8.13. The molecule has 1 heterocycles. The van der Waals surface area contributed by atoms with E-state index in [2.05, 4.69) is 105 Å². The van der Waals surface area contributed by atoms with Gasteiger partial charge in [-0.2, -0.15) is 0 Å². The van der Waals surface area contributed by atoms with Crippen LogP contribution in [0.1, 0.15) is 25.0 Å². The Hall–Kier alpha value is -3.65. The first-order valence-electron chi connectivity index (χ1n) is 10.6. The predicted octanol–water partition coefficient (Wildman–Crippen LogP) is 6.57. The summed E-state index contributed by atoms with van der Waals surface area (Å²) in [4.78, 5) is 0. The van der Waals surface area contributed by atoms with Gasteiger partial charge in [0, 0.05) is 17.7 Å². The topological polar surface area (TPSA) is 12.2 Å². The van der Waals surface area contributed by atoms with Crippen LogP contribution < -0.4 is 0 Å². The molecule has 0 saturated carbocycles. The number of rotatable bonds is 3. The molecule has 2 aliphatic rings. The van der Waals surface area contributed by atoms with Crippen LogP contribution in [-0.2, 0) is 4.74 Å². The maximum atomic E-state index is 6.38. The zero-order valence-electron chi connectivity index (χ0n) is 18.6. The monoisotopic (exact) mass is 406 g/mol. The third-order valence-corrected chi connectivity index (χ3v) is 5.49. The molecule has 2 heteroatoms. The zero-order chi connectivity index (χ0) is 21.8. The number of allylic oxidation sites excluding steroid dienone is 10. The molecule has 0 amide bonds. The molecule has 4 rings (SSSR count). The highest BCUT2D eigenvalue weighted by atomic mass is 16.5. The molecule has 0 radical (unpaired) electrons. The fraction of sp³-hybridized carbons (Fsp3) is 0.138. The minimum atomic E-state index is 0.865. The van der Waals surface area contributed by atoms with Gasteiger partial charge in [-0.15, -0.1) is 0 Å². The van der Waals surface area contributed by atoms with E-state index in [1.807, 2.05) is 24.3 Å². The molecule has 0 bridgehead atoms. The molecule has 0 unspecified atom stereocenters. The summed E-state index contributed by atoms with van der Waals surface area (Å²) in [6.45, 7) is 4.26. The standard InChI is InChI=1S/C29H28NO/c1-21-18-27(30(3)4)16-15-25(21)17-22(2)28-19-26(23-11-7-5-8-12-23)20-29(31-28)24-13-9-6-10-14-24/h5-20H,1-4H3/q+1. The van der Waals surface area contributed by atoms with Crippen molar-refractivity contribution in [3.05, 3.63) is 131 Å². The average molecular weight is 407 g/mol. The fourth-order valence-electron chi connectivity index (χ4n) is 3.64. The molecule has 2 nitrogen and oxygen atoms in total. The molecule has 2 aromatic carbocycles. The van der Waals surface area contributed by atoms with E-state index in [4.69, 9.17) is 4.74 Å². The zero-order valence-corrected chi connectivity index (χ0v) is 18.6. The van der Waals surface area contributed by atoms with E-state index in [0.717, 1.165) is 28.2 Å². The van der Waals surface area contributed by atoms with Crippen LogP contribution in [0, 0.1) is 0 Å². The third-order valence-electron chi connectivity index (χ3n) is 5.49. The summed E-state index contributed by atoms with van der Waals surface area (Å²) in [7, 11) is 4.13. The number of hydrogen-bond acceptors (Lipinski definition) is 1. The first-order chi connectivity index (χ1) is 15.0. The van der Waals surface area contributed by atoms with Gasteiger partial charge in [-0.05, 0) is 66.0 Å². The SMILES string of the molecule is CC1=CC(=[N+](C)C)C=CC1=CC(C)=C1C=C(c2ccccc2)C=C(c2ccccc2)O1. The molecule has 0 atom stereocenters.